The van der Waals surface area contributed by atoms with Crippen molar-refractivity contribution in [3.63, 3.8) is 0 Å². The molecule has 0 heterocycles. The van der Waals surface area contributed by atoms with Crippen LogP contribution >= 0.6 is 0 Å². The molecule has 7 heteroatoms. The van der Waals surface area contributed by atoms with E-state index in [9.17, 15) is 21.6 Å². The molecule has 0 aromatic rings. The van der Waals surface area contributed by atoms with Gasteiger partial charge in [0.05, 0.1) is 11.7 Å². The number of alkyl halides is 3. The lowest BCUT2D eigenvalue weighted by Gasteiger charge is -2.35. The van der Waals surface area contributed by atoms with Crippen LogP contribution < -0.4 is 5.32 Å². The van der Waals surface area contributed by atoms with Gasteiger partial charge < -0.3 is 5.32 Å². The molecule has 0 aliphatic heterocycles. The van der Waals surface area contributed by atoms with Crippen molar-refractivity contribution < 1.29 is 21.6 Å². The average molecular weight is 315 g/mol. The van der Waals surface area contributed by atoms with Crippen LogP contribution in [0.3, 0.4) is 0 Å². The number of sulfone groups is 1. The first-order valence-corrected chi connectivity index (χ1v) is 9.17. The van der Waals surface area contributed by atoms with E-state index in [0.29, 0.717) is 25.8 Å². The van der Waals surface area contributed by atoms with E-state index in [1.165, 1.54) is 6.26 Å². The average Bonchev–Trinajstić information content (AvgIpc) is 2.32. The Morgan fingerprint density at radius 1 is 1.20 bits per heavy atom. The van der Waals surface area contributed by atoms with Gasteiger partial charge in [-0.25, -0.2) is 8.42 Å². The second-order valence-corrected chi connectivity index (χ2v) is 8.00. The van der Waals surface area contributed by atoms with E-state index in [-0.39, 0.29) is 30.6 Å². The van der Waals surface area contributed by atoms with Gasteiger partial charge in [0.25, 0.3) is 0 Å². The Morgan fingerprint density at radius 3 is 2.15 bits per heavy atom. The van der Waals surface area contributed by atoms with Crippen LogP contribution in [0.1, 0.15) is 39.0 Å². The Morgan fingerprint density at radius 2 is 1.75 bits per heavy atom. The van der Waals surface area contributed by atoms with Crippen LogP contribution in [0.25, 0.3) is 0 Å². The van der Waals surface area contributed by atoms with Crippen molar-refractivity contribution in [1.82, 2.24) is 5.32 Å². The summed E-state index contributed by atoms with van der Waals surface area (Å²) >= 11 is 0. The number of halogens is 3. The first kappa shape index (κ1) is 17.8. The van der Waals surface area contributed by atoms with Crippen molar-refractivity contribution in [3.05, 3.63) is 0 Å². The summed E-state index contributed by atoms with van der Waals surface area (Å²) in [4.78, 5) is 0. The van der Waals surface area contributed by atoms with E-state index in [2.05, 4.69) is 5.32 Å². The van der Waals surface area contributed by atoms with Gasteiger partial charge >= 0.3 is 6.18 Å². The maximum Gasteiger partial charge on any atom is 0.391 e. The SMILES string of the molecule is CCNC(CCS(C)(=O)=O)C1CCC(C(F)(F)F)CC1. The summed E-state index contributed by atoms with van der Waals surface area (Å²) in [7, 11) is -3.03. The lowest BCUT2D eigenvalue weighted by molar-refractivity contribution is -0.184. The molecule has 1 fully saturated rings. The molecule has 1 unspecified atom stereocenters. The topological polar surface area (TPSA) is 46.2 Å². The molecule has 3 nitrogen and oxygen atoms in total. The molecule has 1 atom stereocenters. The molecule has 0 spiro atoms. The minimum absolute atomic E-state index is 0.00362. The van der Waals surface area contributed by atoms with Gasteiger partial charge in [-0.1, -0.05) is 6.92 Å². The minimum atomic E-state index is -4.09. The molecule has 1 aliphatic rings. The molecule has 0 aromatic heterocycles. The molecule has 0 bridgehead atoms. The zero-order chi connectivity index (χ0) is 15.4. The summed E-state index contributed by atoms with van der Waals surface area (Å²) in [5, 5.41) is 3.23. The van der Waals surface area contributed by atoms with Crippen molar-refractivity contribution in [2.75, 3.05) is 18.6 Å². The maximum atomic E-state index is 12.6. The second-order valence-electron chi connectivity index (χ2n) is 5.74. The Hall–Kier alpha value is -0.300. The fourth-order valence-corrected chi connectivity index (χ4v) is 3.64. The first-order valence-electron chi connectivity index (χ1n) is 7.11. The van der Waals surface area contributed by atoms with Gasteiger partial charge in [-0.2, -0.15) is 13.2 Å². The highest BCUT2D eigenvalue weighted by Crippen LogP contribution is 2.40. The number of hydrogen-bond donors (Lipinski definition) is 1. The summed E-state index contributed by atoms with van der Waals surface area (Å²) in [6, 6.07) is 0.00362. The second kappa shape index (κ2) is 7.11. The zero-order valence-electron chi connectivity index (χ0n) is 12.0. The molecular formula is C13H24F3NO2S. The first-order chi connectivity index (χ1) is 9.13. The summed E-state index contributed by atoms with van der Waals surface area (Å²) in [6.07, 6.45) is -1.06. The van der Waals surface area contributed by atoms with Gasteiger partial charge in [-0.05, 0) is 44.6 Å². The monoisotopic (exact) mass is 315 g/mol. The van der Waals surface area contributed by atoms with Crippen LogP contribution in [0, 0.1) is 11.8 Å². The van der Waals surface area contributed by atoms with Crippen LogP contribution in [0.5, 0.6) is 0 Å². The van der Waals surface area contributed by atoms with E-state index in [4.69, 9.17) is 0 Å². The third-order valence-corrected chi connectivity index (χ3v) is 5.05. The Labute approximate surface area is 119 Å². The molecule has 0 radical (unpaired) electrons. The summed E-state index contributed by atoms with van der Waals surface area (Å²) < 4.78 is 60.3. The molecule has 1 rings (SSSR count). The zero-order valence-corrected chi connectivity index (χ0v) is 12.9. The van der Waals surface area contributed by atoms with E-state index in [0.717, 1.165) is 0 Å². The Balaban J connectivity index is 2.53. The van der Waals surface area contributed by atoms with Gasteiger partial charge in [0.15, 0.2) is 0 Å². The van der Waals surface area contributed by atoms with Crippen molar-refractivity contribution in [1.29, 1.82) is 0 Å². The molecule has 1 N–H and O–H groups in total. The number of hydrogen-bond acceptors (Lipinski definition) is 3. The van der Waals surface area contributed by atoms with Crippen molar-refractivity contribution >= 4 is 9.84 Å². The van der Waals surface area contributed by atoms with Gasteiger partial charge in [-0.3, -0.25) is 0 Å². The lowest BCUT2D eigenvalue weighted by atomic mass is 9.77. The molecule has 1 aliphatic carbocycles. The van der Waals surface area contributed by atoms with E-state index in [1.807, 2.05) is 6.92 Å². The molecule has 120 valence electrons. The predicted molar refractivity (Wildman–Crippen MR) is 73.3 cm³/mol. The predicted octanol–water partition coefficient (Wildman–Crippen LogP) is 2.77. The van der Waals surface area contributed by atoms with Crippen LogP contribution in [-0.2, 0) is 9.84 Å². The van der Waals surface area contributed by atoms with Crippen LogP contribution in [0.4, 0.5) is 13.2 Å². The van der Waals surface area contributed by atoms with Crippen LogP contribution in [-0.4, -0.2) is 39.2 Å². The molecule has 0 aromatic carbocycles. The fraction of sp³-hybridized carbons (Fsp3) is 1.00. The standard InChI is InChI=1S/C13H24F3NO2S/c1-3-17-12(8-9-20(2,18)19)10-4-6-11(7-5-10)13(14,15)16/h10-12,17H,3-9H2,1-2H3. The lowest BCUT2D eigenvalue weighted by Crippen LogP contribution is -2.40. The smallest absolute Gasteiger partial charge is 0.314 e. The highest BCUT2D eigenvalue weighted by Gasteiger charge is 2.42. The molecule has 0 amide bonds. The normalized spacial score (nSPS) is 26.4. The summed E-state index contributed by atoms with van der Waals surface area (Å²) in [6.45, 7) is 2.63. The molecule has 0 saturated heterocycles. The van der Waals surface area contributed by atoms with E-state index in [1.54, 1.807) is 0 Å². The molecule has 1 saturated carbocycles. The van der Waals surface area contributed by atoms with Gasteiger partial charge in [0.2, 0.25) is 0 Å². The third kappa shape index (κ3) is 5.99. The van der Waals surface area contributed by atoms with E-state index >= 15 is 0 Å². The van der Waals surface area contributed by atoms with Gasteiger partial charge in [0, 0.05) is 12.3 Å². The Bertz CT molecular complexity index is 387. The van der Waals surface area contributed by atoms with E-state index < -0.39 is 21.9 Å². The minimum Gasteiger partial charge on any atom is -0.314 e. The highest BCUT2D eigenvalue weighted by molar-refractivity contribution is 7.90. The number of nitrogens with one attached hydrogen (secondary N) is 1. The van der Waals surface area contributed by atoms with Gasteiger partial charge in [0.1, 0.15) is 9.84 Å². The highest BCUT2D eigenvalue weighted by atomic mass is 32.2. The van der Waals surface area contributed by atoms with Gasteiger partial charge in [-0.15, -0.1) is 0 Å². The van der Waals surface area contributed by atoms with Crippen molar-refractivity contribution in [2.45, 2.75) is 51.2 Å². The van der Waals surface area contributed by atoms with Crippen molar-refractivity contribution in [2.24, 2.45) is 11.8 Å². The largest absolute Gasteiger partial charge is 0.391 e. The molecular weight excluding hydrogens is 291 g/mol. The summed E-state index contributed by atoms with van der Waals surface area (Å²) in [5.74, 6) is -0.949. The third-order valence-electron chi connectivity index (χ3n) is 4.07. The van der Waals surface area contributed by atoms with Crippen LogP contribution in [0.15, 0.2) is 0 Å². The van der Waals surface area contributed by atoms with Crippen molar-refractivity contribution in [3.8, 4) is 0 Å². The fourth-order valence-electron chi connectivity index (χ4n) is 2.96. The Kier molecular flexibility index (Phi) is 6.31. The molecule has 20 heavy (non-hydrogen) atoms. The quantitative estimate of drug-likeness (QED) is 0.820. The summed E-state index contributed by atoms with van der Waals surface area (Å²) in [5.41, 5.74) is 0. The number of rotatable bonds is 6. The van der Waals surface area contributed by atoms with Crippen LogP contribution in [0.2, 0.25) is 0 Å². The maximum absolute atomic E-state index is 12.6.